The number of nitrogens with zero attached hydrogens (tertiary/aromatic N) is 2. The number of benzene rings is 2. The molecule has 1 heterocycles. The van der Waals surface area contributed by atoms with Crippen molar-refractivity contribution in [3.05, 3.63) is 48.2 Å². The van der Waals surface area contributed by atoms with Crippen molar-refractivity contribution in [3.63, 3.8) is 0 Å². The zero-order valence-electron chi connectivity index (χ0n) is 29.4. The third kappa shape index (κ3) is 13.6. The average molecular weight is 678 g/mol. The van der Waals surface area contributed by atoms with Gasteiger partial charge in [-0.05, 0) is 66.7 Å². The number of likely N-dealkylation sites (N-methyl/N-ethyl adjacent to an activating group) is 1. The van der Waals surface area contributed by atoms with Crippen molar-refractivity contribution < 1.29 is 23.7 Å². The Hall–Kier alpha value is -3.34. The number of aryl methyl sites for hydroxylation is 1. The molecule has 3 aromatic rings. The number of fused-ring (bicyclic) bond motifs is 1. The molecule has 48 heavy (non-hydrogen) atoms. The molecule has 0 aliphatic heterocycles. The van der Waals surface area contributed by atoms with Crippen LogP contribution in [0.3, 0.4) is 0 Å². The minimum atomic E-state index is -0.0140. The van der Waals surface area contributed by atoms with E-state index in [-0.39, 0.29) is 11.3 Å². The minimum absolute atomic E-state index is 0.0140. The summed E-state index contributed by atoms with van der Waals surface area (Å²) in [7, 11) is 11.5. The van der Waals surface area contributed by atoms with Crippen molar-refractivity contribution in [2.45, 2.75) is 45.0 Å². The number of hydrogen-bond acceptors (Lipinski definition) is 9. The fourth-order valence-corrected chi connectivity index (χ4v) is 5.71. The largest absolute Gasteiger partial charge is 0.495 e. The van der Waals surface area contributed by atoms with Crippen LogP contribution in [0.25, 0.3) is 10.9 Å². The van der Waals surface area contributed by atoms with Crippen LogP contribution in [0.5, 0.6) is 5.75 Å². The third-order valence-electron chi connectivity index (χ3n) is 7.14. The molecule has 0 saturated heterocycles. The van der Waals surface area contributed by atoms with Crippen LogP contribution in [0.15, 0.2) is 47.4 Å². The SMILES string of the molecule is [B]CCn1c(C#CCNc2ccc(SN(C)CCOCCOCCOCCNC(=O)CC(C)(C)C)cc2OC)cc2c(NC)cccc21. The number of hydrogen-bond donors (Lipinski definition) is 3. The van der Waals surface area contributed by atoms with E-state index in [0.717, 1.165) is 45.2 Å². The van der Waals surface area contributed by atoms with Crippen molar-refractivity contribution in [1.82, 2.24) is 14.2 Å². The number of anilines is 2. The molecule has 1 aromatic heterocycles. The van der Waals surface area contributed by atoms with Gasteiger partial charge >= 0.3 is 0 Å². The first-order valence-electron chi connectivity index (χ1n) is 16.4. The van der Waals surface area contributed by atoms with E-state index in [1.54, 1.807) is 19.1 Å². The topological polar surface area (TPSA) is 98.3 Å². The van der Waals surface area contributed by atoms with Gasteiger partial charge in [0.25, 0.3) is 0 Å². The highest BCUT2D eigenvalue weighted by Gasteiger charge is 2.15. The Kier molecular flexibility index (Phi) is 17.0. The molecule has 0 bridgehead atoms. The zero-order valence-corrected chi connectivity index (χ0v) is 30.3. The Balaban J connectivity index is 1.32. The van der Waals surface area contributed by atoms with Gasteiger partial charge in [-0.3, -0.25) is 4.79 Å². The van der Waals surface area contributed by atoms with E-state index in [0.29, 0.717) is 72.0 Å². The first kappa shape index (κ1) is 39.1. The van der Waals surface area contributed by atoms with Crippen molar-refractivity contribution in [3.8, 4) is 17.6 Å². The lowest BCUT2D eigenvalue weighted by Gasteiger charge is -2.17. The maximum atomic E-state index is 11.8. The maximum absolute atomic E-state index is 11.8. The third-order valence-corrected chi connectivity index (χ3v) is 8.10. The van der Waals surface area contributed by atoms with Crippen LogP contribution in [-0.4, -0.2) is 103 Å². The van der Waals surface area contributed by atoms with Gasteiger partial charge in [0.2, 0.25) is 5.91 Å². The molecule has 12 heteroatoms. The van der Waals surface area contributed by atoms with Crippen molar-refractivity contribution >= 4 is 48.0 Å². The number of nitrogens with one attached hydrogen (secondary N) is 3. The monoisotopic (exact) mass is 677 g/mol. The molecule has 3 rings (SSSR count). The Morgan fingerprint density at radius 3 is 2.42 bits per heavy atom. The van der Waals surface area contributed by atoms with Crippen molar-refractivity contribution in [2.75, 3.05) is 91.1 Å². The molecule has 260 valence electrons. The summed E-state index contributed by atoms with van der Waals surface area (Å²) in [5, 5.41) is 10.7. The summed E-state index contributed by atoms with van der Waals surface area (Å²) in [5.74, 6) is 7.38. The van der Waals surface area contributed by atoms with Crippen molar-refractivity contribution in [2.24, 2.45) is 5.41 Å². The Labute approximate surface area is 292 Å². The van der Waals surface area contributed by atoms with Gasteiger partial charge in [0.15, 0.2) is 0 Å². The summed E-state index contributed by atoms with van der Waals surface area (Å²) in [5.41, 5.74) is 4.00. The van der Waals surface area contributed by atoms with E-state index in [4.69, 9.17) is 26.8 Å². The summed E-state index contributed by atoms with van der Waals surface area (Å²) < 4.78 is 26.8. The number of rotatable bonds is 21. The van der Waals surface area contributed by atoms with Gasteiger partial charge in [0.05, 0.1) is 78.0 Å². The van der Waals surface area contributed by atoms with E-state index >= 15 is 0 Å². The molecule has 3 N–H and O–H groups in total. The quantitative estimate of drug-likeness (QED) is 0.0602. The predicted octanol–water partition coefficient (Wildman–Crippen LogP) is 5.28. The molecule has 0 atom stereocenters. The summed E-state index contributed by atoms with van der Waals surface area (Å²) in [6.07, 6.45) is 1.05. The van der Waals surface area contributed by atoms with Gasteiger partial charge in [0, 0.05) is 49.1 Å². The maximum Gasteiger partial charge on any atom is 0.220 e. The highest BCUT2D eigenvalue weighted by Crippen LogP contribution is 2.31. The van der Waals surface area contributed by atoms with Gasteiger partial charge < -0.3 is 39.5 Å². The van der Waals surface area contributed by atoms with E-state index < -0.39 is 0 Å². The number of aromatic nitrogens is 1. The summed E-state index contributed by atoms with van der Waals surface area (Å²) in [6.45, 7) is 11.6. The number of amides is 1. The van der Waals surface area contributed by atoms with Crippen LogP contribution in [0, 0.1) is 17.3 Å². The van der Waals surface area contributed by atoms with Gasteiger partial charge in [-0.15, -0.1) is 0 Å². The molecule has 0 unspecified atom stereocenters. The fraction of sp³-hybridized carbons (Fsp3) is 0.528. The van der Waals surface area contributed by atoms with Crippen LogP contribution >= 0.6 is 11.9 Å². The van der Waals surface area contributed by atoms with E-state index in [9.17, 15) is 4.79 Å². The second-order valence-electron chi connectivity index (χ2n) is 12.3. The molecule has 0 spiro atoms. The first-order valence-corrected chi connectivity index (χ1v) is 17.2. The second kappa shape index (κ2) is 20.9. The number of carbonyl (C=O) groups is 1. The lowest BCUT2D eigenvalue weighted by Crippen LogP contribution is -2.30. The molecule has 10 nitrogen and oxygen atoms in total. The van der Waals surface area contributed by atoms with Crippen LogP contribution in [0.4, 0.5) is 11.4 Å². The molecular weight excluding hydrogens is 625 g/mol. The lowest BCUT2D eigenvalue weighted by atomic mass is 9.92. The molecule has 2 radical (unpaired) electrons. The van der Waals surface area contributed by atoms with Crippen LogP contribution < -0.4 is 20.7 Å². The molecule has 1 amide bonds. The number of ether oxygens (including phenoxy) is 4. The molecular formula is C36H52BN5O5S. The minimum Gasteiger partial charge on any atom is -0.495 e. The average Bonchev–Trinajstić information content (AvgIpc) is 3.40. The van der Waals surface area contributed by atoms with Gasteiger partial charge in [-0.1, -0.05) is 39.1 Å². The standard InChI is InChI=1S/C36H52BN5O5S/c1-36(2,3)27-35(43)40-16-19-45-21-23-47-24-22-46-20-18-41(5)48-29-12-13-32(34(26-29)44-6)39-15-8-9-28-25-30-31(38-4)10-7-11-33(30)42(28)17-14-37/h7,10-13,25-26,38-39H,14-24,27H2,1-6H3,(H,40,43). The lowest BCUT2D eigenvalue weighted by molar-refractivity contribution is -0.123. The highest BCUT2D eigenvalue weighted by atomic mass is 32.2. The molecule has 0 aliphatic rings. The Bertz CT molecular complexity index is 1480. The van der Waals surface area contributed by atoms with Gasteiger partial charge in [0.1, 0.15) is 5.75 Å². The highest BCUT2D eigenvalue weighted by molar-refractivity contribution is 7.97. The number of carbonyl (C=O) groups excluding carboxylic acids is 1. The molecule has 2 aromatic carbocycles. The smallest absolute Gasteiger partial charge is 0.220 e. The fourth-order valence-electron chi connectivity index (χ4n) is 4.89. The van der Waals surface area contributed by atoms with Gasteiger partial charge in [-0.2, -0.15) is 0 Å². The summed E-state index contributed by atoms with van der Waals surface area (Å²) in [6, 6.07) is 14.4. The summed E-state index contributed by atoms with van der Waals surface area (Å²) >= 11 is 1.63. The Morgan fingerprint density at radius 1 is 1.00 bits per heavy atom. The van der Waals surface area contributed by atoms with Gasteiger partial charge in [-0.25, -0.2) is 4.31 Å². The van der Waals surface area contributed by atoms with Crippen LogP contribution in [-0.2, 0) is 25.5 Å². The first-order chi connectivity index (χ1) is 23.1. The van der Waals surface area contributed by atoms with Crippen LogP contribution in [0.2, 0.25) is 6.32 Å². The second-order valence-corrected chi connectivity index (χ2v) is 13.6. The Morgan fingerprint density at radius 2 is 1.73 bits per heavy atom. The van der Waals surface area contributed by atoms with E-state index in [1.165, 1.54) is 0 Å². The normalized spacial score (nSPS) is 11.4. The van der Waals surface area contributed by atoms with Crippen molar-refractivity contribution in [1.29, 1.82) is 0 Å². The molecule has 0 saturated carbocycles. The van der Waals surface area contributed by atoms with Crippen LogP contribution in [0.1, 0.15) is 32.9 Å². The predicted molar refractivity (Wildman–Crippen MR) is 198 cm³/mol. The molecule has 0 aliphatic carbocycles. The van der Waals surface area contributed by atoms with E-state index in [1.807, 2.05) is 53.1 Å². The summed E-state index contributed by atoms with van der Waals surface area (Å²) in [4.78, 5) is 12.9. The number of methoxy groups -OCH3 is 1. The zero-order chi connectivity index (χ0) is 34.8. The molecule has 0 fully saturated rings. The van der Waals surface area contributed by atoms with E-state index in [2.05, 4.69) is 60.9 Å².